The van der Waals surface area contributed by atoms with E-state index in [9.17, 15) is 23.1 Å². The minimum atomic E-state index is -4.77. The third-order valence-electron chi connectivity index (χ3n) is 5.50. The Morgan fingerprint density at radius 2 is 2.00 bits per heavy atom. The van der Waals surface area contributed by atoms with E-state index in [4.69, 9.17) is 23.2 Å². The average Bonchev–Trinajstić information content (AvgIpc) is 3.39. The first-order chi connectivity index (χ1) is 16.2. The van der Waals surface area contributed by atoms with Crippen LogP contribution in [0.15, 0.2) is 59.5 Å². The van der Waals surface area contributed by atoms with E-state index in [2.05, 4.69) is 0 Å². The number of alkyl halides is 3. The number of allylic oxidation sites excluding steroid dienone is 2. The number of aliphatic hydroxyl groups is 1. The van der Waals surface area contributed by atoms with Gasteiger partial charge in [0.1, 0.15) is 11.6 Å². The Labute approximate surface area is 185 Å². The van der Waals surface area contributed by atoms with Crippen molar-refractivity contribution in [3.63, 3.8) is 0 Å². The summed E-state index contributed by atoms with van der Waals surface area (Å²) in [5, 5.41) is 8.26. The number of hydrogen-bond donors (Lipinski definition) is 1. The van der Waals surface area contributed by atoms with Crippen molar-refractivity contribution in [3.05, 3.63) is 70.6 Å². The molecular weight excluding hydrogens is 417 g/mol. The lowest BCUT2D eigenvalue weighted by atomic mass is 9.97. The molecule has 1 fully saturated rings. The van der Waals surface area contributed by atoms with E-state index in [1.54, 1.807) is 25.1 Å². The second-order valence-electron chi connectivity index (χ2n) is 7.38. The largest absolute Gasteiger partial charge is 0.461 e. The predicted octanol–water partition coefficient (Wildman–Crippen LogP) is 5.63. The molecule has 3 nitrogen and oxygen atoms in total. The van der Waals surface area contributed by atoms with E-state index in [0.717, 1.165) is 0 Å². The van der Waals surface area contributed by atoms with Crippen molar-refractivity contribution in [3.8, 4) is 11.1 Å². The summed E-state index contributed by atoms with van der Waals surface area (Å²) in [5.41, 5.74) is 0.210. The lowest BCUT2D eigenvalue weighted by Gasteiger charge is -2.13. The number of hydrogen-bond acceptors (Lipinski definition) is 3. The number of benzene rings is 2. The molecular formula is C23H22ClF3O3. The molecule has 0 unspecified atom stereocenters. The number of ether oxygens (including phenoxy) is 1. The Hall–Kier alpha value is -2.31. The highest BCUT2D eigenvalue weighted by Crippen LogP contribution is 2.60. The Bertz CT molecular complexity index is 1190. The zero-order valence-electron chi connectivity index (χ0n) is 21.2. The molecule has 0 saturated heterocycles. The number of carbonyl (C=O) groups excluding carboxylic acids is 1. The second-order valence-corrected chi connectivity index (χ2v) is 7.78. The van der Waals surface area contributed by atoms with Crippen molar-refractivity contribution in [1.29, 1.82) is 0 Å². The van der Waals surface area contributed by atoms with Gasteiger partial charge in [-0.05, 0) is 29.2 Å². The van der Waals surface area contributed by atoms with Crippen LogP contribution in [0.2, 0.25) is 0 Å². The normalized spacial score (nSPS) is 26.2. The van der Waals surface area contributed by atoms with Gasteiger partial charge < -0.3 is 9.84 Å². The van der Waals surface area contributed by atoms with Crippen molar-refractivity contribution < 1.29 is 34.7 Å². The predicted molar refractivity (Wildman–Crippen MR) is 109 cm³/mol. The van der Waals surface area contributed by atoms with E-state index >= 15 is 0 Å². The molecule has 2 aromatic rings. The molecule has 3 rings (SSSR count). The van der Waals surface area contributed by atoms with Gasteiger partial charge in [-0.1, -0.05) is 73.0 Å². The summed E-state index contributed by atoms with van der Waals surface area (Å²) >= 11 is 5.31. The van der Waals surface area contributed by atoms with Gasteiger partial charge >= 0.3 is 12.1 Å². The molecule has 160 valence electrons. The third-order valence-corrected chi connectivity index (χ3v) is 5.84. The summed E-state index contributed by atoms with van der Waals surface area (Å²) in [5.74, 6) is -2.78. The van der Waals surface area contributed by atoms with E-state index in [-0.39, 0.29) is 24.3 Å². The van der Waals surface area contributed by atoms with Crippen molar-refractivity contribution in [2.75, 3.05) is 6.61 Å². The van der Waals surface area contributed by atoms with Crippen LogP contribution < -0.4 is 0 Å². The Kier molecular flexibility index (Phi) is 4.61. The highest BCUT2D eigenvalue weighted by atomic mass is 35.5. The summed E-state index contributed by atoms with van der Waals surface area (Å²) in [6.45, 7) is 2.30. The van der Waals surface area contributed by atoms with E-state index < -0.39 is 59.2 Å². The first kappa shape index (κ1) is 16.4. The van der Waals surface area contributed by atoms with Gasteiger partial charge in [-0.3, -0.25) is 4.79 Å². The maximum Gasteiger partial charge on any atom is 0.426 e. The van der Waals surface area contributed by atoms with Crippen LogP contribution in [0.25, 0.3) is 11.1 Å². The van der Waals surface area contributed by atoms with Gasteiger partial charge in [0.05, 0.1) is 12.8 Å². The molecule has 2 aromatic carbocycles. The topological polar surface area (TPSA) is 46.5 Å². The Morgan fingerprint density at radius 1 is 1.33 bits per heavy atom. The van der Waals surface area contributed by atoms with Gasteiger partial charge in [-0.15, -0.1) is 0 Å². The van der Waals surface area contributed by atoms with Crippen LogP contribution in [0, 0.1) is 24.2 Å². The SMILES string of the molecule is [2H]c1c([2H])c([2H])c(-c2cccc(COC(=O)[C@H]3[C@@H](/C=C(\Cl)C(F)(F)F)[C@]3(C)CO)c2C)c([2H])c1[2H]. The molecule has 0 heterocycles. The molecule has 1 saturated carbocycles. The molecule has 0 aliphatic heterocycles. The Morgan fingerprint density at radius 3 is 2.60 bits per heavy atom. The van der Waals surface area contributed by atoms with Crippen LogP contribution in [-0.2, 0) is 16.1 Å². The highest BCUT2D eigenvalue weighted by molar-refractivity contribution is 6.30. The fraction of sp³-hybridized carbons (Fsp3) is 0.348. The molecule has 0 spiro atoms. The first-order valence-electron chi connectivity index (χ1n) is 11.5. The first-order valence-corrected chi connectivity index (χ1v) is 9.42. The van der Waals surface area contributed by atoms with Crippen molar-refractivity contribution in [2.45, 2.75) is 26.6 Å². The fourth-order valence-electron chi connectivity index (χ4n) is 3.49. The van der Waals surface area contributed by atoms with Gasteiger partial charge in [-0.2, -0.15) is 13.2 Å². The quantitative estimate of drug-likeness (QED) is 0.588. The molecule has 0 aromatic heterocycles. The van der Waals surface area contributed by atoms with Gasteiger partial charge in [-0.25, -0.2) is 0 Å². The van der Waals surface area contributed by atoms with Crippen molar-refractivity contribution >= 4 is 17.6 Å². The number of halogens is 4. The molecule has 1 N–H and O–H groups in total. The number of esters is 1. The van der Waals surface area contributed by atoms with Crippen molar-refractivity contribution in [1.82, 2.24) is 0 Å². The molecule has 1 aliphatic rings. The maximum absolute atomic E-state index is 12.8. The Balaban J connectivity index is 1.86. The molecule has 30 heavy (non-hydrogen) atoms. The lowest BCUT2D eigenvalue weighted by molar-refractivity contribution is -0.147. The van der Waals surface area contributed by atoms with Crippen LogP contribution >= 0.6 is 11.6 Å². The zero-order valence-corrected chi connectivity index (χ0v) is 16.9. The van der Waals surface area contributed by atoms with Crippen LogP contribution in [0.1, 0.15) is 24.9 Å². The molecule has 0 bridgehead atoms. The molecule has 0 radical (unpaired) electrons. The summed E-state index contributed by atoms with van der Waals surface area (Å²) in [4.78, 5) is 12.7. The summed E-state index contributed by atoms with van der Waals surface area (Å²) < 4.78 is 83.6. The zero-order chi connectivity index (χ0) is 26.5. The molecule has 7 heteroatoms. The molecule has 3 atom stereocenters. The maximum atomic E-state index is 12.8. The smallest absolute Gasteiger partial charge is 0.426 e. The monoisotopic (exact) mass is 443 g/mol. The number of carbonyl (C=O) groups is 1. The van der Waals surface area contributed by atoms with Crippen LogP contribution in [0.4, 0.5) is 13.2 Å². The van der Waals surface area contributed by atoms with Crippen LogP contribution in [0.5, 0.6) is 0 Å². The van der Waals surface area contributed by atoms with Gasteiger partial charge in [0.2, 0.25) is 0 Å². The lowest BCUT2D eigenvalue weighted by Crippen LogP contribution is -2.14. The van der Waals surface area contributed by atoms with Crippen LogP contribution in [0.3, 0.4) is 0 Å². The average molecular weight is 444 g/mol. The number of rotatable bonds is 6. The summed E-state index contributed by atoms with van der Waals surface area (Å²) in [6, 6.07) is 2.56. The summed E-state index contributed by atoms with van der Waals surface area (Å²) in [7, 11) is 0. The van der Waals surface area contributed by atoms with E-state index in [1.807, 2.05) is 0 Å². The number of aliphatic hydroxyl groups excluding tert-OH is 1. The molecule has 1 aliphatic carbocycles. The summed E-state index contributed by atoms with van der Waals surface area (Å²) in [6.07, 6.45) is -4.05. The highest BCUT2D eigenvalue weighted by Gasteiger charge is 2.65. The van der Waals surface area contributed by atoms with Gasteiger partial charge in [0.25, 0.3) is 0 Å². The van der Waals surface area contributed by atoms with E-state index in [1.165, 1.54) is 6.92 Å². The van der Waals surface area contributed by atoms with Crippen molar-refractivity contribution in [2.24, 2.45) is 17.3 Å². The fourth-order valence-corrected chi connectivity index (χ4v) is 3.63. The second kappa shape index (κ2) is 8.44. The molecule has 0 amide bonds. The van der Waals surface area contributed by atoms with E-state index in [0.29, 0.717) is 22.8 Å². The van der Waals surface area contributed by atoms with Crippen LogP contribution in [-0.4, -0.2) is 23.9 Å². The van der Waals surface area contributed by atoms with Gasteiger partial charge in [0, 0.05) is 17.9 Å². The minimum Gasteiger partial charge on any atom is -0.461 e. The third kappa shape index (κ3) is 4.40. The standard InChI is InChI=1S/C23H22ClF3O3/c1-14-16(9-6-10-17(14)15-7-4-3-5-8-15)12-30-21(29)20-18(22(20,2)13-28)11-19(24)23(25,26)27/h3-11,18,20,28H,12-13H2,1-2H3/b19-11-/t18-,20-,22+/m1/s1/i3D,4D,5D,7D,8D. The van der Waals surface area contributed by atoms with Gasteiger partial charge in [0.15, 0.2) is 0 Å². The minimum absolute atomic E-state index is 0.00344.